The fourth-order valence-electron chi connectivity index (χ4n) is 0.843. The number of hydrogen-bond acceptors (Lipinski definition) is 2. The molecule has 0 aliphatic carbocycles. The Morgan fingerprint density at radius 2 is 2.25 bits per heavy atom. The Labute approximate surface area is 78.3 Å². The maximum Gasteiger partial charge on any atom is 0.129 e. The van der Waals surface area contributed by atoms with Crippen molar-refractivity contribution >= 4 is 15.9 Å². The summed E-state index contributed by atoms with van der Waals surface area (Å²) in [6, 6.07) is 4.08. The predicted molar refractivity (Wildman–Crippen MR) is 48.7 cm³/mol. The van der Waals surface area contributed by atoms with Crippen LogP contribution in [0.1, 0.15) is 11.6 Å². The van der Waals surface area contributed by atoms with Gasteiger partial charge in [0, 0.05) is 0 Å². The van der Waals surface area contributed by atoms with Crippen LogP contribution in [0.2, 0.25) is 0 Å². The molecule has 0 saturated heterocycles. The van der Waals surface area contributed by atoms with Crippen LogP contribution >= 0.6 is 15.9 Å². The summed E-state index contributed by atoms with van der Waals surface area (Å²) >= 11 is 3.12. The van der Waals surface area contributed by atoms with Crippen LogP contribution in [0.3, 0.4) is 0 Å². The van der Waals surface area contributed by atoms with Gasteiger partial charge < -0.3 is 10.8 Å². The molecule has 0 spiro atoms. The molecular weight excluding hydrogens is 225 g/mol. The molecule has 0 fully saturated rings. The van der Waals surface area contributed by atoms with Gasteiger partial charge in [0.25, 0.3) is 0 Å². The molecule has 4 heteroatoms. The van der Waals surface area contributed by atoms with Gasteiger partial charge in [0.1, 0.15) is 12.4 Å². The minimum absolute atomic E-state index is 0.129. The van der Waals surface area contributed by atoms with Crippen LogP contribution in [0.15, 0.2) is 22.7 Å². The van der Waals surface area contributed by atoms with E-state index in [1.807, 2.05) is 0 Å². The van der Waals surface area contributed by atoms with Crippen LogP contribution in [0.25, 0.3) is 0 Å². The Morgan fingerprint density at radius 3 is 2.75 bits per heavy atom. The second-order valence-electron chi connectivity index (χ2n) is 2.47. The first-order chi connectivity index (χ1) is 5.65. The average Bonchev–Trinajstić information content (AvgIpc) is 2.08. The van der Waals surface area contributed by atoms with Gasteiger partial charge in [0.15, 0.2) is 0 Å². The average molecular weight is 234 g/mol. The lowest BCUT2D eigenvalue weighted by Gasteiger charge is -2.07. The fraction of sp³-hybridized carbons (Fsp3) is 0.250. The van der Waals surface area contributed by atoms with Crippen molar-refractivity contribution in [3.05, 3.63) is 28.2 Å². The Morgan fingerprint density at radius 1 is 1.58 bits per heavy atom. The lowest BCUT2D eigenvalue weighted by molar-refractivity contribution is 0.435. The minimum atomic E-state index is -0.609. The van der Waals surface area contributed by atoms with Crippen molar-refractivity contribution in [1.29, 1.82) is 0 Å². The van der Waals surface area contributed by atoms with Gasteiger partial charge in [-0.05, 0) is 33.6 Å². The van der Waals surface area contributed by atoms with Gasteiger partial charge in [0.2, 0.25) is 0 Å². The van der Waals surface area contributed by atoms with E-state index in [9.17, 15) is 4.39 Å². The molecule has 0 amide bonds. The molecule has 0 aliphatic rings. The van der Waals surface area contributed by atoms with E-state index in [2.05, 4.69) is 15.9 Å². The molecule has 2 nitrogen and oxygen atoms in total. The molecule has 0 radical (unpaired) electrons. The smallest absolute Gasteiger partial charge is 0.129 e. The molecule has 3 N–H and O–H groups in total. The summed E-state index contributed by atoms with van der Waals surface area (Å²) in [5.74, 6) is 0.129. The Kier molecular flexibility index (Phi) is 3.05. The third kappa shape index (κ3) is 1.95. The molecule has 1 aromatic rings. The maximum absolute atomic E-state index is 12.1. The van der Waals surface area contributed by atoms with E-state index in [-0.39, 0.29) is 5.75 Å². The van der Waals surface area contributed by atoms with Crippen molar-refractivity contribution in [1.82, 2.24) is 0 Å². The number of rotatable bonds is 2. The summed E-state index contributed by atoms with van der Waals surface area (Å²) < 4.78 is 12.6. The van der Waals surface area contributed by atoms with Crippen molar-refractivity contribution in [3.8, 4) is 5.75 Å². The van der Waals surface area contributed by atoms with Crippen molar-refractivity contribution in [3.63, 3.8) is 0 Å². The van der Waals surface area contributed by atoms with Crippen LogP contribution in [-0.2, 0) is 0 Å². The first-order valence-electron chi connectivity index (χ1n) is 3.45. The standard InChI is InChI=1S/C8H9BrFNO/c9-6-3-5(7(11)4-10)1-2-8(6)12/h1-3,7,12H,4,11H2. The molecule has 1 atom stereocenters. The van der Waals surface area contributed by atoms with E-state index in [1.165, 1.54) is 6.07 Å². The SMILES string of the molecule is NC(CF)c1ccc(O)c(Br)c1. The van der Waals surface area contributed by atoms with Crippen molar-refractivity contribution in [2.24, 2.45) is 5.73 Å². The number of alkyl halides is 1. The van der Waals surface area contributed by atoms with Gasteiger partial charge in [-0.1, -0.05) is 6.07 Å². The second-order valence-corrected chi connectivity index (χ2v) is 3.33. The zero-order chi connectivity index (χ0) is 9.14. The number of hydrogen-bond donors (Lipinski definition) is 2. The van der Waals surface area contributed by atoms with Gasteiger partial charge in [0.05, 0.1) is 10.5 Å². The summed E-state index contributed by atoms with van der Waals surface area (Å²) in [7, 11) is 0. The summed E-state index contributed by atoms with van der Waals surface area (Å²) in [4.78, 5) is 0. The molecule has 1 aromatic carbocycles. The molecule has 66 valence electrons. The van der Waals surface area contributed by atoms with Crippen LogP contribution < -0.4 is 5.73 Å². The molecule has 0 bridgehead atoms. The van der Waals surface area contributed by atoms with E-state index >= 15 is 0 Å². The van der Waals surface area contributed by atoms with E-state index in [0.29, 0.717) is 10.0 Å². The number of phenolic OH excluding ortho intramolecular Hbond substituents is 1. The van der Waals surface area contributed by atoms with E-state index in [4.69, 9.17) is 10.8 Å². The third-order valence-electron chi connectivity index (χ3n) is 1.57. The summed E-state index contributed by atoms with van der Waals surface area (Å²) in [5.41, 5.74) is 6.10. The van der Waals surface area contributed by atoms with Crippen LogP contribution in [0.4, 0.5) is 4.39 Å². The molecule has 0 aliphatic heterocycles. The first-order valence-corrected chi connectivity index (χ1v) is 4.24. The number of phenols is 1. The zero-order valence-electron chi connectivity index (χ0n) is 6.30. The van der Waals surface area contributed by atoms with Crippen molar-refractivity contribution in [2.75, 3.05) is 6.67 Å². The van der Waals surface area contributed by atoms with Gasteiger partial charge in [-0.25, -0.2) is 4.39 Å². The molecule has 0 aromatic heterocycles. The minimum Gasteiger partial charge on any atom is -0.507 e. The maximum atomic E-state index is 12.1. The lowest BCUT2D eigenvalue weighted by atomic mass is 10.1. The fourth-order valence-corrected chi connectivity index (χ4v) is 1.24. The highest BCUT2D eigenvalue weighted by atomic mass is 79.9. The molecule has 0 saturated carbocycles. The number of benzene rings is 1. The second kappa shape index (κ2) is 3.87. The topological polar surface area (TPSA) is 46.2 Å². The lowest BCUT2D eigenvalue weighted by Crippen LogP contribution is -2.11. The normalized spacial score (nSPS) is 12.9. The van der Waals surface area contributed by atoms with Crippen LogP contribution in [0.5, 0.6) is 5.75 Å². The molecule has 12 heavy (non-hydrogen) atoms. The third-order valence-corrected chi connectivity index (χ3v) is 2.20. The quantitative estimate of drug-likeness (QED) is 0.823. The monoisotopic (exact) mass is 233 g/mol. The number of aromatic hydroxyl groups is 1. The van der Waals surface area contributed by atoms with Crippen LogP contribution in [-0.4, -0.2) is 11.8 Å². The molecule has 1 unspecified atom stereocenters. The highest BCUT2D eigenvalue weighted by Crippen LogP contribution is 2.26. The number of halogens is 2. The molecular formula is C8H9BrFNO. The van der Waals surface area contributed by atoms with Gasteiger partial charge in [-0.3, -0.25) is 0 Å². The summed E-state index contributed by atoms with van der Waals surface area (Å²) in [6.07, 6.45) is 0. The van der Waals surface area contributed by atoms with Crippen molar-refractivity contribution in [2.45, 2.75) is 6.04 Å². The highest BCUT2D eigenvalue weighted by molar-refractivity contribution is 9.10. The molecule has 0 heterocycles. The van der Waals surface area contributed by atoms with Crippen LogP contribution in [0, 0.1) is 0 Å². The Bertz CT molecular complexity index is 280. The predicted octanol–water partition coefficient (Wildman–Crippen LogP) is 2.12. The van der Waals surface area contributed by atoms with E-state index in [0.717, 1.165) is 0 Å². The summed E-state index contributed by atoms with van der Waals surface area (Å²) in [6.45, 7) is -0.600. The van der Waals surface area contributed by atoms with E-state index < -0.39 is 12.7 Å². The molecule has 1 rings (SSSR count). The Hall–Kier alpha value is -0.610. The van der Waals surface area contributed by atoms with Gasteiger partial charge in [-0.2, -0.15) is 0 Å². The van der Waals surface area contributed by atoms with Crippen molar-refractivity contribution < 1.29 is 9.50 Å². The highest BCUT2D eigenvalue weighted by Gasteiger charge is 2.06. The van der Waals surface area contributed by atoms with Gasteiger partial charge >= 0.3 is 0 Å². The largest absolute Gasteiger partial charge is 0.507 e. The van der Waals surface area contributed by atoms with Gasteiger partial charge in [-0.15, -0.1) is 0 Å². The Balaban J connectivity index is 2.96. The number of nitrogens with two attached hydrogens (primary N) is 1. The van der Waals surface area contributed by atoms with E-state index in [1.54, 1.807) is 12.1 Å². The zero-order valence-corrected chi connectivity index (χ0v) is 7.88. The summed E-state index contributed by atoms with van der Waals surface area (Å²) in [5, 5.41) is 9.12. The first kappa shape index (κ1) is 9.48.